The van der Waals surface area contributed by atoms with Crippen molar-refractivity contribution in [2.24, 2.45) is 0 Å². The Morgan fingerprint density at radius 3 is 2.58 bits per heavy atom. The molecular weight excluding hydrogens is 260 g/mol. The average molecular weight is 286 g/mol. The van der Waals surface area contributed by atoms with Gasteiger partial charge in [0, 0.05) is 26.1 Å². The predicted octanol–water partition coefficient (Wildman–Crippen LogP) is 2.75. The lowest BCUT2D eigenvalue weighted by Gasteiger charge is -2.31. The van der Waals surface area contributed by atoms with Gasteiger partial charge in [-0.1, -0.05) is 20.8 Å². The van der Waals surface area contributed by atoms with Crippen LogP contribution in [0, 0.1) is 0 Å². The van der Waals surface area contributed by atoms with E-state index >= 15 is 0 Å². The Morgan fingerprint density at radius 2 is 2.11 bits per heavy atom. The molecule has 1 heterocycles. The van der Waals surface area contributed by atoms with E-state index in [1.807, 2.05) is 0 Å². The number of methoxy groups -OCH3 is 2. The van der Waals surface area contributed by atoms with Crippen molar-refractivity contribution in [3.8, 4) is 0 Å². The van der Waals surface area contributed by atoms with Crippen molar-refractivity contribution in [1.82, 2.24) is 10.3 Å². The van der Waals surface area contributed by atoms with Crippen molar-refractivity contribution in [2.75, 3.05) is 34.0 Å². The Kier molecular flexibility index (Phi) is 6.93. The Labute approximate surface area is 120 Å². The van der Waals surface area contributed by atoms with Crippen molar-refractivity contribution >= 4 is 11.3 Å². The number of thiazole rings is 1. The molecule has 1 N–H and O–H groups in total. The van der Waals surface area contributed by atoms with Crippen LogP contribution in [0.2, 0.25) is 0 Å². The maximum Gasteiger partial charge on any atom is 0.115 e. The number of nitrogens with zero attached hydrogens (tertiary/aromatic N) is 1. The van der Waals surface area contributed by atoms with E-state index in [2.05, 4.69) is 31.5 Å². The van der Waals surface area contributed by atoms with E-state index in [0.29, 0.717) is 19.1 Å². The highest BCUT2D eigenvalue weighted by atomic mass is 32.1. The zero-order chi connectivity index (χ0) is 14.3. The lowest BCUT2D eigenvalue weighted by Crippen LogP contribution is -2.47. The number of rotatable bonds is 9. The highest BCUT2D eigenvalue weighted by molar-refractivity contribution is 7.09. The molecule has 1 atom stereocenters. The summed E-state index contributed by atoms with van der Waals surface area (Å²) in [5.74, 6) is 0.459. The molecule has 19 heavy (non-hydrogen) atoms. The first kappa shape index (κ1) is 16.6. The van der Waals surface area contributed by atoms with Crippen LogP contribution in [0.15, 0.2) is 5.38 Å². The molecule has 0 saturated carbocycles. The Balaban J connectivity index is 2.92. The second-order valence-electron chi connectivity index (χ2n) is 5.02. The third-order valence-corrected chi connectivity index (χ3v) is 4.35. The Hall–Kier alpha value is -0.490. The molecule has 0 aromatic carbocycles. The molecule has 1 rings (SSSR count). The topological polar surface area (TPSA) is 43.4 Å². The van der Waals surface area contributed by atoms with Crippen LogP contribution >= 0.6 is 11.3 Å². The summed E-state index contributed by atoms with van der Waals surface area (Å²) in [7, 11) is 3.45. The Bertz CT molecular complexity index is 368. The lowest BCUT2D eigenvalue weighted by atomic mass is 9.97. The first-order valence-corrected chi connectivity index (χ1v) is 7.66. The van der Waals surface area contributed by atoms with Gasteiger partial charge in [0.1, 0.15) is 5.01 Å². The van der Waals surface area contributed by atoms with Crippen LogP contribution in [0.1, 0.15) is 43.8 Å². The van der Waals surface area contributed by atoms with Gasteiger partial charge in [-0.3, -0.25) is 0 Å². The van der Waals surface area contributed by atoms with E-state index in [0.717, 1.165) is 23.7 Å². The molecule has 1 aromatic heterocycles. The zero-order valence-electron chi connectivity index (χ0n) is 12.7. The standard InChI is InChI=1S/C14H26N2O2S/c1-6-14(10-18-5,15-7-8-17-4)13-16-12(9-19-13)11(2)3/h9,11,15H,6-8,10H2,1-5H3. The van der Waals surface area contributed by atoms with Gasteiger partial charge in [-0.2, -0.15) is 0 Å². The van der Waals surface area contributed by atoms with Crippen molar-refractivity contribution in [1.29, 1.82) is 0 Å². The van der Waals surface area contributed by atoms with Crippen molar-refractivity contribution in [2.45, 2.75) is 38.6 Å². The molecule has 0 saturated heterocycles. The van der Waals surface area contributed by atoms with Crippen LogP contribution in [-0.4, -0.2) is 39.0 Å². The van der Waals surface area contributed by atoms with Gasteiger partial charge in [-0.05, 0) is 12.3 Å². The number of ether oxygens (including phenoxy) is 2. The van der Waals surface area contributed by atoms with E-state index in [-0.39, 0.29) is 5.54 Å². The molecule has 0 aliphatic carbocycles. The normalized spacial score (nSPS) is 14.8. The molecule has 0 aliphatic rings. The largest absolute Gasteiger partial charge is 0.383 e. The third-order valence-electron chi connectivity index (χ3n) is 3.29. The highest BCUT2D eigenvalue weighted by Crippen LogP contribution is 2.30. The number of aromatic nitrogens is 1. The van der Waals surface area contributed by atoms with E-state index in [1.165, 1.54) is 0 Å². The van der Waals surface area contributed by atoms with Crippen LogP contribution in [0.25, 0.3) is 0 Å². The summed E-state index contributed by atoms with van der Waals surface area (Å²) in [6.45, 7) is 8.61. The van der Waals surface area contributed by atoms with Crippen LogP contribution in [0.5, 0.6) is 0 Å². The molecule has 0 aliphatic heterocycles. The fraction of sp³-hybridized carbons (Fsp3) is 0.786. The van der Waals surface area contributed by atoms with Gasteiger partial charge in [0.15, 0.2) is 0 Å². The molecule has 0 spiro atoms. The van der Waals surface area contributed by atoms with E-state index < -0.39 is 0 Å². The SMILES string of the molecule is CCC(COC)(NCCOC)c1nc(C(C)C)cs1. The summed E-state index contributed by atoms with van der Waals surface area (Å²) >= 11 is 1.71. The van der Waals surface area contributed by atoms with Crippen molar-refractivity contribution < 1.29 is 9.47 Å². The van der Waals surface area contributed by atoms with Crippen LogP contribution in [-0.2, 0) is 15.0 Å². The first-order valence-electron chi connectivity index (χ1n) is 6.78. The summed E-state index contributed by atoms with van der Waals surface area (Å²) in [5, 5.41) is 6.81. The second kappa shape index (κ2) is 7.94. The molecule has 1 aromatic rings. The average Bonchev–Trinajstić information content (AvgIpc) is 2.88. The summed E-state index contributed by atoms with van der Waals surface area (Å²) in [4.78, 5) is 4.79. The van der Waals surface area contributed by atoms with Gasteiger partial charge < -0.3 is 14.8 Å². The van der Waals surface area contributed by atoms with Crippen molar-refractivity contribution in [3.05, 3.63) is 16.1 Å². The van der Waals surface area contributed by atoms with Gasteiger partial charge >= 0.3 is 0 Å². The monoisotopic (exact) mass is 286 g/mol. The second-order valence-corrected chi connectivity index (χ2v) is 5.88. The number of hydrogen-bond donors (Lipinski definition) is 1. The van der Waals surface area contributed by atoms with Gasteiger partial charge in [0.25, 0.3) is 0 Å². The molecule has 0 amide bonds. The molecule has 110 valence electrons. The third kappa shape index (κ3) is 4.24. The fourth-order valence-electron chi connectivity index (χ4n) is 1.98. The highest BCUT2D eigenvalue weighted by Gasteiger charge is 2.33. The summed E-state index contributed by atoms with van der Waals surface area (Å²) in [5.41, 5.74) is 0.952. The zero-order valence-corrected chi connectivity index (χ0v) is 13.5. The summed E-state index contributed by atoms with van der Waals surface area (Å²) in [6.07, 6.45) is 0.940. The van der Waals surface area contributed by atoms with E-state index in [1.54, 1.807) is 25.6 Å². The van der Waals surface area contributed by atoms with Crippen LogP contribution in [0.3, 0.4) is 0 Å². The van der Waals surface area contributed by atoms with Gasteiger partial charge in [-0.25, -0.2) is 4.98 Å². The van der Waals surface area contributed by atoms with E-state index in [9.17, 15) is 0 Å². The van der Waals surface area contributed by atoms with Gasteiger partial charge in [0.05, 0.1) is 24.4 Å². The van der Waals surface area contributed by atoms with Crippen LogP contribution in [0.4, 0.5) is 0 Å². The Morgan fingerprint density at radius 1 is 1.37 bits per heavy atom. The molecule has 1 unspecified atom stereocenters. The quantitative estimate of drug-likeness (QED) is 0.709. The predicted molar refractivity (Wildman–Crippen MR) is 79.9 cm³/mol. The molecule has 0 radical (unpaired) electrons. The molecular formula is C14H26N2O2S. The maximum atomic E-state index is 5.42. The minimum absolute atomic E-state index is 0.203. The summed E-state index contributed by atoms with van der Waals surface area (Å²) < 4.78 is 10.5. The number of hydrogen-bond acceptors (Lipinski definition) is 5. The fourth-order valence-corrected chi connectivity index (χ4v) is 3.19. The smallest absolute Gasteiger partial charge is 0.115 e. The molecule has 0 bridgehead atoms. The molecule has 5 heteroatoms. The van der Waals surface area contributed by atoms with Crippen molar-refractivity contribution in [3.63, 3.8) is 0 Å². The van der Waals surface area contributed by atoms with Gasteiger partial charge in [-0.15, -0.1) is 11.3 Å². The minimum Gasteiger partial charge on any atom is -0.383 e. The lowest BCUT2D eigenvalue weighted by molar-refractivity contribution is 0.0951. The minimum atomic E-state index is -0.203. The summed E-state index contributed by atoms with van der Waals surface area (Å²) in [6, 6.07) is 0. The van der Waals surface area contributed by atoms with E-state index in [4.69, 9.17) is 14.5 Å². The number of nitrogens with one attached hydrogen (secondary N) is 1. The maximum absolute atomic E-state index is 5.42. The van der Waals surface area contributed by atoms with Gasteiger partial charge in [0.2, 0.25) is 0 Å². The first-order chi connectivity index (χ1) is 9.09. The van der Waals surface area contributed by atoms with Crippen LogP contribution < -0.4 is 5.32 Å². The molecule has 4 nitrogen and oxygen atoms in total. The molecule has 0 fully saturated rings.